The number of methoxy groups -OCH3 is 1. The second-order valence-electron chi connectivity index (χ2n) is 3.19. The quantitative estimate of drug-likeness (QED) is 0.737. The topological polar surface area (TPSA) is 70.1 Å². The van der Waals surface area contributed by atoms with Crippen LogP contribution in [0.15, 0.2) is 23.1 Å². The van der Waals surface area contributed by atoms with E-state index in [2.05, 4.69) is 4.98 Å². The van der Waals surface area contributed by atoms with Gasteiger partial charge in [-0.25, -0.2) is 4.98 Å². The van der Waals surface area contributed by atoms with E-state index in [1.54, 1.807) is 19.3 Å². The van der Waals surface area contributed by atoms with Crippen molar-refractivity contribution in [2.45, 2.75) is 0 Å². The number of ether oxygens (including phenoxy) is 1. The number of nitrogens with two attached hydrogens (primary N) is 1. The molecular weight excluding hydrogens is 194 g/mol. The van der Waals surface area contributed by atoms with Crippen molar-refractivity contribution >= 4 is 16.7 Å². The smallest absolute Gasteiger partial charge is 0.278 e. The van der Waals surface area contributed by atoms with E-state index < -0.39 is 0 Å². The van der Waals surface area contributed by atoms with Crippen molar-refractivity contribution in [1.29, 1.82) is 0 Å². The largest absolute Gasteiger partial charge is 0.494 e. The van der Waals surface area contributed by atoms with Crippen molar-refractivity contribution in [3.8, 4) is 5.75 Å². The molecule has 0 radical (unpaired) electrons. The van der Waals surface area contributed by atoms with Gasteiger partial charge in [-0.15, -0.1) is 0 Å². The minimum Gasteiger partial charge on any atom is -0.494 e. The molecule has 15 heavy (non-hydrogen) atoms. The summed E-state index contributed by atoms with van der Waals surface area (Å²) in [6.45, 7) is 0. The van der Waals surface area contributed by atoms with Crippen molar-refractivity contribution in [3.05, 3.63) is 28.7 Å². The third-order valence-electron chi connectivity index (χ3n) is 2.33. The standard InChI is InChI=1S/C10H11N3O2/c1-13-9-6(4-3-5-12-9)8(15-2)7(11)10(13)14/h3-5H,11H2,1-2H3. The van der Waals surface area contributed by atoms with Gasteiger partial charge in [0.2, 0.25) is 0 Å². The maximum Gasteiger partial charge on any atom is 0.278 e. The Kier molecular flexibility index (Phi) is 2.07. The third kappa shape index (κ3) is 1.24. The van der Waals surface area contributed by atoms with Gasteiger partial charge in [-0.05, 0) is 12.1 Å². The number of pyridine rings is 2. The molecule has 0 unspecified atom stereocenters. The number of hydrogen-bond donors (Lipinski definition) is 1. The van der Waals surface area contributed by atoms with Gasteiger partial charge in [-0.2, -0.15) is 0 Å². The van der Waals surface area contributed by atoms with E-state index in [0.717, 1.165) is 5.39 Å². The maximum atomic E-state index is 11.7. The lowest BCUT2D eigenvalue weighted by Gasteiger charge is -2.10. The fourth-order valence-electron chi connectivity index (χ4n) is 1.58. The summed E-state index contributed by atoms with van der Waals surface area (Å²) >= 11 is 0. The number of fused-ring (bicyclic) bond motifs is 1. The molecule has 0 aromatic carbocycles. The summed E-state index contributed by atoms with van der Waals surface area (Å²) in [5.41, 5.74) is 6.06. The molecule has 0 aliphatic heterocycles. The van der Waals surface area contributed by atoms with Crippen LogP contribution in [-0.4, -0.2) is 16.7 Å². The van der Waals surface area contributed by atoms with Gasteiger partial charge < -0.3 is 10.5 Å². The van der Waals surface area contributed by atoms with Gasteiger partial charge in [0, 0.05) is 13.2 Å². The number of rotatable bonds is 1. The molecule has 2 heterocycles. The summed E-state index contributed by atoms with van der Waals surface area (Å²) in [5, 5.41) is 0.736. The summed E-state index contributed by atoms with van der Waals surface area (Å²) in [7, 11) is 3.12. The van der Waals surface area contributed by atoms with Crippen LogP contribution in [-0.2, 0) is 7.05 Å². The third-order valence-corrected chi connectivity index (χ3v) is 2.33. The predicted octanol–water partition coefficient (Wildman–Crippen LogP) is 0.524. The highest BCUT2D eigenvalue weighted by atomic mass is 16.5. The molecule has 0 saturated carbocycles. The molecule has 0 amide bonds. The molecular formula is C10H11N3O2. The first-order chi connectivity index (χ1) is 7.16. The number of nitrogens with zero attached hydrogens (tertiary/aromatic N) is 2. The lowest BCUT2D eigenvalue weighted by molar-refractivity contribution is 0.420. The monoisotopic (exact) mass is 205 g/mol. The van der Waals surface area contributed by atoms with Crippen molar-refractivity contribution in [2.24, 2.45) is 7.05 Å². The molecule has 5 nitrogen and oxygen atoms in total. The van der Waals surface area contributed by atoms with Crippen LogP contribution in [0, 0.1) is 0 Å². The molecule has 0 fully saturated rings. The van der Waals surface area contributed by atoms with Crippen LogP contribution in [0.5, 0.6) is 5.75 Å². The molecule has 0 saturated heterocycles. The SMILES string of the molecule is COc1c(N)c(=O)n(C)c2ncccc12. The second-order valence-corrected chi connectivity index (χ2v) is 3.19. The lowest BCUT2D eigenvalue weighted by atomic mass is 10.2. The van der Waals surface area contributed by atoms with E-state index in [1.807, 2.05) is 6.07 Å². The van der Waals surface area contributed by atoms with Gasteiger partial charge in [0.15, 0.2) is 5.75 Å². The summed E-state index contributed by atoms with van der Waals surface area (Å²) < 4.78 is 6.53. The first kappa shape index (κ1) is 9.51. The zero-order chi connectivity index (χ0) is 11.0. The zero-order valence-corrected chi connectivity index (χ0v) is 8.52. The first-order valence-corrected chi connectivity index (χ1v) is 4.44. The average Bonchev–Trinajstić information content (AvgIpc) is 2.27. The normalized spacial score (nSPS) is 10.5. The minimum atomic E-state index is -0.293. The van der Waals surface area contributed by atoms with Crippen LogP contribution in [0.1, 0.15) is 0 Å². The number of anilines is 1. The Balaban J connectivity index is 3.05. The Morgan fingerprint density at radius 1 is 1.53 bits per heavy atom. The maximum absolute atomic E-state index is 11.7. The Hall–Kier alpha value is -2.04. The Labute approximate surface area is 86.1 Å². The van der Waals surface area contributed by atoms with Gasteiger partial charge in [0.25, 0.3) is 5.56 Å². The molecule has 0 aliphatic rings. The van der Waals surface area contributed by atoms with Gasteiger partial charge in [-0.3, -0.25) is 9.36 Å². The molecule has 0 spiro atoms. The predicted molar refractivity (Wildman–Crippen MR) is 57.9 cm³/mol. The summed E-state index contributed by atoms with van der Waals surface area (Å²) in [4.78, 5) is 15.8. The number of hydrogen-bond acceptors (Lipinski definition) is 4. The second kappa shape index (κ2) is 3.27. The Morgan fingerprint density at radius 2 is 2.27 bits per heavy atom. The first-order valence-electron chi connectivity index (χ1n) is 4.44. The van der Waals surface area contributed by atoms with Gasteiger partial charge in [0.1, 0.15) is 11.3 Å². The molecule has 2 aromatic heterocycles. The Bertz CT molecular complexity index is 575. The van der Waals surface area contributed by atoms with Crippen molar-refractivity contribution in [1.82, 2.24) is 9.55 Å². The average molecular weight is 205 g/mol. The zero-order valence-electron chi connectivity index (χ0n) is 8.52. The van der Waals surface area contributed by atoms with E-state index in [9.17, 15) is 4.79 Å². The molecule has 2 rings (SSSR count). The highest BCUT2D eigenvalue weighted by Crippen LogP contribution is 2.26. The fourth-order valence-corrected chi connectivity index (χ4v) is 1.58. The van der Waals surface area contributed by atoms with E-state index in [4.69, 9.17) is 10.5 Å². The van der Waals surface area contributed by atoms with E-state index in [0.29, 0.717) is 11.4 Å². The van der Waals surface area contributed by atoms with E-state index in [-0.39, 0.29) is 11.2 Å². The minimum absolute atomic E-state index is 0.112. The Morgan fingerprint density at radius 3 is 2.93 bits per heavy atom. The molecule has 0 atom stereocenters. The van der Waals surface area contributed by atoms with Crippen LogP contribution in [0.2, 0.25) is 0 Å². The molecule has 5 heteroatoms. The molecule has 0 bridgehead atoms. The number of nitrogen functional groups attached to an aromatic ring is 1. The van der Waals surface area contributed by atoms with E-state index in [1.165, 1.54) is 11.7 Å². The van der Waals surface area contributed by atoms with Crippen LogP contribution in [0.25, 0.3) is 11.0 Å². The highest BCUT2D eigenvalue weighted by Gasteiger charge is 2.13. The van der Waals surface area contributed by atoms with E-state index >= 15 is 0 Å². The van der Waals surface area contributed by atoms with Gasteiger partial charge >= 0.3 is 0 Å². The molecule has 2 N–H and O–H groups in total. The number of aryl methyl sites for hydroxylation is 1. The van der Waals surface area contributed by atoms with Gasteiger partial charge in [0.05, 0.1) is 12.5 Å². The summed E-state index contributed by atoms with van der Waals surface area (Å²) in [6, 6.07) is 3.59. The number of aromatic nitrogens is 2. The van der Waals surface area contributed by atoms with Crippen molar-refractivity contribution in [2.75, 3.05) is 12.8 Å². The summed E-state index contributed by atoms with van der Waals surface area (Å²) in [5.74, 6) is 0.390. The lowest BCUT2D eigenvalue weighted by Crippen LogP contribution is -2.22. The highest BCUT2D eigenvalue weighted by molar-refractivity contribution is 5.87. The van der Waals surface area contributed by atoms with Crippen LogP contribution < -0.4 is 16.0 Å². The summed E-state index contributed by atoms with van der Waals surface area (Å²) in [6.07, 6.45) is 1.62. The molecule has 78 valence electrons. The molecule has 2 aromatic rings. The molecule has 0 aliphatic carbocycles. The van der Waals surface area contributed by atoms with Crippen molar-refractivity contribution < 1.29 is 4.74 Å². The van der Waals surface area contributed by atoms with Crippen LogP contribution in [0.3, 0.4) is 0 Å². The fraction of sp³-hybridized carbons (Fsp3) is 0.200. The van der Waals surface area contributed by atoms with Gasteiger partial charge in [-0.1, -0.05) is 0 Å². The van der Waals surface area contributed by atoms with Crippen molar-refractivity contribution in [3.63, 3.8) is 0 Å². The van der Waals surface area contributed by atoms with Crippen LogP contribution >= 0.6 is 0 Å². The van der Waals surface area contributed by atoms with Crippen LogP contribution in [0.4, 0.5) is 5.69 Å².